The minimum Gasteiger partial charge on any atom is -0.496 e. The molecule has 0 aromatic carbocycles. The second-order valence-corrected chi connectivity index (χ2v) is 3.53. The summed E-state index contributed by atoms with van der Waals surface area (Å²) in [7, 11) is 0. The Bertz CT molecular complexity index is 149. The van der Waals surface area contributed by atoms with Gasteiger partial charge in [-0.3, -0.25) is 0 Å². The molecule has 1 saturated heterocycles. The van der Waals surface area contributed by atoms with Crippen LogP contribution in [-0.2, 0) is 4.74 Å². The number of hydrogen-bond acceptors (Lipinski definition) is 1. The van der Waals surface area contributed by atoms with E-state index in [4.69, 9.17) is 16.3 Å². The van der Waals surface area contributed by atoms with Crippen LogP contribution < -0.4 is 0 Å². The van der Waals surface area contributed by atoms with E-state index in [1.807, 2.05) is 0 Å². The molecule has 0 aromatic heterocycles. The van der Waals surface area contributed by atoms with Crippen LogP contribution in [0.25, 0.3) is 0 Å². The fourth-order valence-electron chi connectivity index (χ4n) is 1.19. The van der Waals surface area contributed by atoms with E-state index in [0.717, 1.165) is 18.8 Å². The molecule has 0 aliphatic carbocycles. The lowest BCUT2D eigenvalue weighted by Crippen LogP contribution is -2.22. The molecule has 0 N–H and O–H groups in total. The largest absolute Gasteiger partial charge is 0.496 e. The van der Waals surface area contributed by atoms with Crippen LogP contribution in [0.1, 0.15) is 26.7 Å². The summed E-state index contributed by atoms with van der Waals surface area (Å²) in [6.07, 6.45) is 2.31. The Kier molecular flexibility index (Phi) is 2.24. The summed E-state index contributed by atoms with van der Waals surface area (Å²) >= 11 is 5.58. The Labute approximate surface area is 67.0 Å². The predicted molar refractivity (Wildman–Crippen MR) is 42.9 cm³/mol. The zero-order valence-electron chi connectivity index (χ0n) is 6.48. The third-order valence-corrected chi connectivity index (χ3v) is 2.17. The van der Waals surface area contributed by atoms with Crippen molar-refractivity contribution in [3.05, 3.63) is 11.3 Å². The maximum atomic E-state index is 5.58. The molecule has 0 bridgehead atoms. The molecule has 1 fully saturated rings. The molecule has 1 rings (SSSR count). The maximum absolute atomic E-state index is 5.58. The summed E-state index contributed by atoms with van der Waals surface area (Å²) in [5, 5.41) is 0. The molecule has 0 atom stereocenters. The van der Waals surface area contributed by atoms with Crippen LogP contribution in [0.2, 0.25) is 0 Å². The molecule has 0 spiro atoms. The van der Waals surface area contributed by atoms with Crippen molar-refractivity contribution in [3.8, 4) is 0 Å². The molecule has 0 aromatic rings. The number of allylic oxidation sites excluding steroid dienone is 1. The molecular formula is C8H13ClO. The maximum Gasteiger partial charge on any atom is 0.113 e. The van der Waals surface area contributed by atoms with Gasteiger partial charge in [0.15, 0.2) is 0 Å². The SMILES string of the molecule is CC1(C)CCCOC1=CCl. The molecule has 1 nitrogen and oxygen atoms in total. The smallest absolute Gasteiger partial charge is 0.113 e. The first-order chi connectivity index (χ1) is 4.67. The van der Waals surface area contributed by atoms with Crippen molar-refractivity contribution in [1.29, 1.82) is 0 Å². The zero-order chi connectivity index (χ0) is 7.61. The van der Waals surface area contributed by atoms with Gasteiger partial charge >= 0.3 is 0 Å². The average molecular weight is 161 g/mol. The van der Waals surface area contributed by atoms with E-state index in [0.29, 0.717) is 0 Å². The molecule has 1 aliphatic rings. The van der Waals surface area contributed by atoms with Gasteiger partial charge in [0.1, 0.15) is 5.76 Å². The van der Waals surface area contributed by atoms with Crippen LogP contribution >= 0.6 is 11.6 Å². The highest BCUT2D eigenvalue weighted by molar-refractivity contribution is 6.25. The van der Waals surface area contributed by atoms with E-state index in [-0.39, 0.29) is 5.41 Å². The van der Waals surface area contributed by atoms with Gasteiger partial charge in [0, 0.05) is 11.0 Å². The fraction of sp³-hybridized carbons (Fsp3) is 0.750. The van der Waals surface area contributed by atoms with Gasteiger partial charge < -0.3 is 4.74 Å². The number of halogens is 1. The van der Waals surface area contributed by atoms with E-state index in [1.165, 1.54) is 6.42 Å². The number of hydrogen-bond donors (Lipinski definition) is 0. The van der Waals surface area contributed by atoms with Crippen LogP contribution in [0.3, 0.4) is 0 Å². The lowest BCUT2D eigenvalue weighted by molar-refractivity contribution is 0.0875. The van der Waals surface area contributed by atoms with Crippen LogP contribution in [0.4, 0.5) is 0 Å². The quantitative estimate of drug-likeness (QED) is 0.530. The van der Waals surface area contributed by atoms with Crippen molar-refractivity contribution < 1.29 is 4.74 Å². The third kappa shape index (κ3) is 1.46. The third-order valence-electron chi connectivity index (χ3n) is 1.97. The fourth-order valence-corrected chi connectivity index (χ4v) is 1.55. The molecule has 58 valence electrons. The highest BCUT2D eigenvalue weighted by atomic mass is 35.5. The van der Waals surface area contributed by atoms with Gasteiger partial charge in [-0.1, -0.05) is 25.4 Å². The Morgan fingerprint density at radius 1 is 1.60 bits per heavy atom. The van der Waals surface area contributed by atoms with Crippen molar-refractivity contribution in [1.82, 2.24) is 0 Å². The summed E-state index contributed by atoms with van der Waals surface area (Å²) < 4.78 is 5.37. The van der Waals surface area contributed by atoms with Gasteiger partial charge in [-0.2, -0.15) is 0 Å². The van der Waals surface area contributed by atoms with E-state index in [2.05, 4.69) is 13.8 Å². The molecule has 0 amide bonds. The highest BCUT2D eigenvalue weighted by Gasteiger charge is 2.27. The first kappa shape index (κ1) is 7.93. The Morgan fingerprint density at radius 3 is 2.70 bits per heavy atom. The lowest BCUT2D eigenvalue weighted by atomic mass is 9.85. The second kappa shape index (κ2) is 2.83. The van der Waals surface area contributed by atoms with Crippen molar-refractivity contribution in [3.63, 3.8) is 0 Å². The zero-order valence-corrected chi connectivity index (χ0v) is 7.24. The molecule has 2 heteroatoms. The second-order valence-electron chi connectivity index (χ2n) is 3.31. The van der Waals surface area contributed by atoms with Crippen LogP contribution in [0.5, 0.6) is 0 Å². The molecule has 10 heavy (non-hydrogen) atoms. The van der Waals surface area contributed by atoms with Gasteiger partial charge in [0.25, 0.3) is 0 Å². The van der Waals surface area contributed by atoms with E-state index in [9.17, 15) is 0 Å². The van der Waals surface area contributed by atoms with E-state index in [1.54, 1.807) is 5.54 Å². The average Bonchev–Trinajstić information content (AvgIpc) is 1.87. The topological polar surface area (TPSA) is 9.23 Å². The predicted octanol–water partition coefficient (Wildman–Crippen LogP) is 2.90. The molecule has 1 heterocycles. The van der Waals surface area contributed by atoms with Gasteiger partial charge in [-0.25, -0.2) is 0 Å². The van der Waals surface area contributed by atoms with Crippen molar-refractivity contribution in [2.45, 2.75) is 26.7 Å². The van der Waals surface area contributed by atoms with Crippen molar-refractivity contribution in [2.75, 3.05) is 6.61 Å². The molecule has 0 radical (unpaired) electrons. The molecule has 0 saturated carbocycles. The summed E-state index contributed by atoms with van der Waals surface area (Å²) in [6.45, 7) is 5.13. The minimum atomic E-state index is 0.153. The Morgan fingerprint density at radius 2 is 2.30 bits per heavy atom. The van der Waals surface area contributed by atoms with Gasteiger partial charge in [-0.15, -0.1) is 0 Å². The molecular weight excluding hydrogens is 148 g/mol. The normalized spacial score (nSPS) is 28.1. The summed E-state index contributed by atoms with van der Waals surface area (Å²) in [5.74, 6) is 0.931. The minimum absolute atomic E-state index is 0.153. The van der Waals surface area contributed by atoms with Crippen LogP contribution in [-0.4, -0.2) is 6.61 Å². The summed E-state index contributed by atoms with van der Waals surface area (Å²) in [6, 6.07) is 0. The van der Waals surface area contributed by atoms with Crippen molar-refractivity contribution in [2.24, 2.45) is 5.41 Å². The van der Waals surface area contributed by atoms with E-state index >= 15 is 0 Å². The first-order valence-corrected chi connectivity index (χ1v) is 4.04. The van der Waals surface area contributed by atoms with Crippen molar-refractivity contribution >= 4 is 11.6 Å². The standard InChI is InChI=1S/C8H13ClO/c1-8(2)4-3-5-10-7(8)6-9/h6H,3-5H2,1-2H3. The van der Waals surface area contributed by atoms with Gasteiger partial charge in [0.2, 0.25) is 0 Å². The highest BCUT2D eigenvalue weighted by Crippen LogP contribution is 2.36. The van der Waals surface area contributed by atoms with Crippen LogP contribution in [0.15, 0.2) is 11.3 Å². The van der Waals surface area contributed by atoms with Crippen LogP contribution in [0, 0.1) is 5.41 Å². The molecule has 1 aliphatic heterocycles. The number of rotatable bonds is 0. The Balaban J connectivity index is 2.70. The van der Waals surface area contributed by atoms with Gasteiger partial charge in [-0.05, 0) is 12.8 Å². The lowest BCUT2D eigenvalue weighted by Gasteiger charge is -2.31. The monoisotopic (exact) mass is 160 g/mol. The summed E-state index contributed by atoms with van der Waals surface area (Å²) in [5.41, 5.74) is 1.71. The molecule has 0 unspecified atom stereocenters. The summed E-state index contributed by atoms with van der Waals surface area (Å²) in [4.78, 5) is 0. The van der Waals surface area contributed by atoms with Gasteiger partial charge in [0.05, 0.1) is 6.61 Å². The number of ether oxygens (including phenoxy) is 1. The van der Waals surface area contributed by atoms with E-state index < -0.39 is 0 Å². The Hall–Kier alpha value is -0.170. The first-order valence-electron chi connectivity index (χ1n) is 3.60.